The number of fused-ring (bicyclic) bond motifs is 1. The summed E-state index contributed by atoms with van der Waals surface area (Å²) < 4.78 is 9.19. The number of nitrogens with zero attached hydrogens (tertiary/aromatic N) is 4. The Kier molecular flexibility index (Phi) is 16.6. The predicted octanol–water partition coefficient (Wildman–Crippen LogP) is 6.46. The number of hydrogen-bond acceptors (Lipinski definition) is 6. The summed E-state index contributed by atoms with van der Waals surface area (Å²) in [6.07, 6.45) is 9.89. The molecule has 0 saturated carbocycles. The highest BCUT2D eigenvalue weighted by Gasteiger charge is 2.20. The standard InChI is InChI=1S/C23H37N5O2.C4H6O.C2H6/c1-8-12-18(22(24-6)30-7)26-19-14-28(13-17(10-3)16(5)9-2)23(29)21-20(19)25-15-27(21)11-4;1-3-4(2)5;1-2/h12,14-17,26H,8-11,13H2,1-7H3;3H,1H2,2H3;1-2H3/b18-12+,24-22?;;. The van der Waals surface area contributed by atoms with Crippen LogP contribution in [0.1, 0.15) is 74.7 Å². The highest BCUT2D eigenvalue weighted by Crippen LogP contribution is 2.25. The first-order chi connectivity index (χ1) is 17.7. The van der Waals surface area contributed by atoms with Crippen LogP contribution in [-0.4, -0.2) is 40.0 Å². The van der Waals surface area contributed by atoms with Gasteiger partial charge in [0.1, 0.15) is 11.0 Å². The third-order valence-electron chi connectivity index (χ3n) is 6.18. The maximum atomic E-state index is 13.4. The van der Waals surface area contributed by atoms with Crippen LogP contribution in [0.2, 0.25) is 0 Å². The van der Waals surface area contributed by atoms with Crippen LogP contribution in [0, 0.1) is 11.8 Å². The van der Waals surface area contributed by atoms with E-state index < -0.39 is 0 Å². The summed E-state index contributed by atoms with van der Waals surface area (Å²) in [6.45, 7) is 20.8. The number of pyridine rings is 1. The number of allylic oxidation sites excluding steroid dienone is 2. The first-order valence-electron chi connectivity index (χ1n) is 13.4. The van der Waals surface area contributed by atoms with Gasteiger partial charge in [-0.1, -0.05) is 67.0 Å². The number of carbonyl (C=O) groups is 1. The Morgan fingerprint density at radius 1 is 1.22 bits per heavy atom. The molecule has 0 aliphatic heterocycles. The smallest absolute Gasteiger partial charge is 0.276 e. The van der Waals surface area contributed by atoms with Gasteiger partial charge in [-0.05, 0) is 38.2 Å². The van der Waals surface area contributed by atoms with Crippen molar-refractivity contribution in [1.82, 2.24) is 14.1 Å². The van der Waals surface area contributed by atoms with Gasteiger partial charge in [-0.25, -0.2) is 4.98 Å². The summed E-state index contributed by atoms with van der Waals surface area (Å²) in [4.78, 5) is 31.8. The monoisotopic (exact) mass is 515 g/mol. The minimum atomic E-state index is 0.00815. The van der Waals surface area contributed by atoms with Gasteiger partial charge in [-0.3, -0.25) is 14.6 Å². The zero-order valence-corrected chi connectivity index (χ0v) is 24.7. The molecule has 2 atom stereocenters. The van der Waals surface area contributed by atoms with E-state index in [2.05, 4.69) is 49.6 Å². The number of ether oxygens (including phenoxy) is 1. The summed E-state index contributed by atoms with van der Waals surface area (Å²) in [5.74, 6) is 1.52. The summed E-state index contributed by atoms with van der Waals surface area (Å²) in [5, 5.41) is 3.43. The molecule has 37 heavy (non-hydrogen) atoms. The van der Waals surface area contributed by atoms with Gasteiger partial charge < -0.3 is 19.2 Å². The molecule has 2 aromatic rings. The highest BCUT2D eigenvalue weighted by atomic mass is 16.5. The fourth-order valence-corrected chi connectivity index (χ4v) is 3.84. The number of aliphatic imine (C=N–C) groups is 1. The van der Waals surface area contributed by atoms with Crippen molar-refractivity contribution in [2.45, 2.75) is 87.7 Å². The molecule has 2 heterocycles. The van der Waals surface area contributed by atoms with Crippen LogP contribution in [0.15, 0.2) is 46.7 Å². The molecule has 8 nitrogen and oxygen atoms in total. The van der Waals surface area contributed by atoms with Crippen molar-refractivity contribution in [2.24, 2.45) is 16.8 Å². The molecule has 8 heteroatoms. The highest BCUT2D eigenvalue weighted by molar-refractivity contribution is 5.99. The second-order valence-electron chi connectivity index (χ2n) is 8.48. The molecule has 0 fully saturated rings. The lowest BCUT2D eigenvalue weighted by atomic mass is 9.89. The Labute approximate surface area is 223 Å². The minimum Gasteiger partial charge on any atom is -0.480 e. The lowest BCUT2D eigenvalue weighted by molar-refractivity contribution is -0.112. The van der Waals surface area contributed by atoms with Crippen molar-refractivity contribution in [3.63, 3.8) is 0 Å². The Morgan fingerprint density at radius 2 is 1.84 bits per heavy atom. The van der Waals surface area contributed by atoms with E-state index in [4.69, 9.17) is 4.74 Å². The quantitative estimate of drug-likeness (QED) is 0.211. The van der Waals surface area contributed by atoms with Crippen LogP contribution in [0.4, 0.5) is 5.69 Å². The summed E-state index contributed by atoms with van der Waals surface area (Å²) in [6, 6.07) is 0. The van der Waals surface area contributed by atoms with Crippen molar-refractivity contribution in [3.8, 4) is 0 Å². The molecule has 1 N–H and O–H groups in total. The number of hydrogen-bond donors (Lipinski definition) is 1. The average molecular weight is 516 g/mol. The van der Waals surface area contributed by atoms with Crippen molar-refractivity contribution >= 4 is 28.4 Å². The van der Waals surface area contributed by atoms with Crippen LogP contribution < -0.4 is 10.9 Å². The van der Waals surface area contributed by atoms with Crippen molar-refractivity contribution in [1.29, 1.82) is 0 Å². The van der Waals surface area contributed by atoms with Crippen LogP contribution in [-0.2, 0) is 22.6 Å². The lowest BCUT2D eigenvalue weighted by Crippen LogP contribution is -2.28. The van der Waals surface area contributed by atoms with Gasteiger partial charge in [0.15, 0.2) is 5.78 Å². The molecule has 208 valence electrons. The van der Waals surface area contributed by atoms with E-state index in [0.29, 0.717) is 41.9 Å². The van der Waals surface area contributed by atoms with Crippen LogP contribution in [0.3, 0.4) is 0 Å². The number of imidazole rings is 1. The van der Waals surface area contributed by atoms with E-state index in [1.807, 2.05) is 42.2 Å². The fourth-order valence-electron chi connectivity index (χ4n) is 3.84. The molecule has 2 aromatic heterocycles. The fraction of sp³-hybridized carbons (Fsp3) is 0.586. The molecule has 0 aliphatic carbocycles. The first kappa shape index (κ1) is 33.8. The number of anilines is 1. The normalized spacial score (nSPS) is 13.0. The van der Waals surface area contributed by atoms with Gasteiger partial charge in [-0.15, -0.1) is 0 Å². The van der Waals surface area contributed by atoms with E-state index >= 15 is 0 Å². The van der Waals surface area contributed by atoms with Crippen LogP contribution in [0.25, 0.3) is 11.0 Å². The molecule has 0 aliphatic rings. The average Bonchev–Trinajstić information content (AvgIpc) is 3.36. The maximum absolute atomic E-state index is 13.4. The van der Waals surface area contributed by atoms with Gasteiger partial charge in [0.25, 0.3) is 5.56 Å². The van der Waals surface area contributed by atoms with Crippen molar-refractivity contribution in [2.75, 3.05) is 19.5 Å². The Morgan fingerprint density at radius 3 is 2.27 bits per heavy atom. The lowest BCUT2D eigenvalue weighted by Gasteiger charge is -2.23. The summed E-state index contributed by atoms with van der Waals surface area (Å²) in [7, 11) is 3.30. The summed E-state index contributed by atoms with van der Waals surface area (Å²) >= 11 is 0. The SMILES string of the molecule is C=CC(C)=O.CC.CC/C=C(/Nc1cn(CC(CC)C(C)CC)c(=O)c2c1ncn2CC)C(=NC)OC. The molecule has 0 aromatic carbocycles. The number of methoxy groups -OCH3 is 1. The molecule has 0 spiro atoms. The van der Waals surface area contributed by atoms with E-state index in [-0.39, 0.29) is 11.3 Å². The van der Waals surface area contributed by atoms with E-state index in [0.717, 1.165) is 30.6 Å². The minimum absolute atomic E-state index is 0.00815. The topological polar surface area (TPSA) is 90.5 Å². The Balaban J connectivity index is 0.00000165. The van der Waals surface area contributed by atoms with E-state index in [1.54, 1.807) is 20.5 Å². The maximum Gasteiger partial charge on any atom is 0.276 e. The molecular formula is C29H49N5O3. The van der Waals surface area contributed by atoms with Crippen LogP contribution in [0.5, 0.6) is 0 Å². The molecule has 0 bridgehead atoms. The molecule has 2 rings (SSSR count). The van der Waals surface area contributed by atoms with E-state index in [9.17, 15) is 9.59 Å². The second-order valence-corrected chi connectivity index (χ2v) is 8.48. The Bertz CT molecular complexity index is 1090. The van der Waals surface area contributed by atoms with Gasteiger partial charge in [0.05, 0.1) is 24.8 Å². The number of nitrogens with one attached hydrogen (secondary N) is 1. The zero-order chi connectivity index (χ0) is 28.5. The van der Waals surface area contributed by atoms with Gasteiger partial charge >= 0.3 is 0 Å². The van der Waals surface area contributed by atoms with Crippen LogP contribution >= 0.6 is 0 Å². The third kappa shape index (κ3) is 9.67. The second kappa shape index (κ2) is 18.1. The number of aromatic nitrogens is 3. The van der Waals surface area contributed by atoms with Gasteiger partial charge in [0, 0.05) is 26.3 Å². The molecule has 0 amide bonds. The molecular weight excluding hydrogens is 466 g/mol. The summed E-state index contributed by atoms with van der Waals surface area (Å²) in [5.41, 5.74) is 2.87. The number of ketones is 1. The van der Waals surface area contributed by atoms with Crippen molar-refractivity contribution < 1.29 is 9.53 Å². The number of aryl methyl sites for hydroxylation is 1. The predicted molar refractivity (Wildman–Crippen MR) is 157 cm³/mol. The van der Waals surface area contributed by atoms with Gasteiger partial charge in [0.2, 0.25) is 5.90 Å². The van der Waals surface area contributed by atoms with E-state index in [1.165, 1.54) is 13.0 Å². The molecule has 0 saturated heterocycles. The zero-order valence-electron chi connectivity index (χ0n) is 24.7. The molecule has 0 radical (unpaired) electrons. The molecule has 2 unspecified atom stereocenters. The number of rotatable bonds is 11. The Hall–Kier alpha value is -3.16. The largest absolute Gasteiger partial charge is 0.480 e. The first-order valence-corrected chi connectivity index (χ1v) is 13.4. The third-order valence-corrected chi connectivity index (χ3v) is 6.18. The van der Waals surface area contributed by atoms with Gasteiger partial charge in [-0.2, -0.15) is 0 Å². The number of carbonyl (C=O) groups excluding carboxylic acids is 1. The van der Waals surface area contributed by atoms with Crippen molar-refractivity contribution in [3.05, 3.63) is 47.3 Å².